The van der Waals surface area contributed by atoms with Gasteiger partial charge in [-0.05, 0) is 22.9 Å². The normalized spacial score (nSPS) is 10.8. The minimum absolute atomic E-state index is 0.0409. The second-order valence-corrected chi connectivity index (χ2v) is 5.12. The van der Waals surface area contributed by atoms with Gasteiger partial charge in [-0.3, -0.25) is 14.0 Å². The van der Waals surface area contributed by atoms with Crippen LogP contribution in [0.15, 0.2) is 15.6 Å². The molecular formula is C11H12BrClN4O2. The zero-order valence-electron chi connectivity index (χ0n) is 10.6. The minimum atomic E-state index is -0.326. The molecule has 0 unspecified atom stereocenters. The second kappa shape index (κ2) is 5.34. The van der Waals surface area contributed by atoms with Crippen LogP contribution in [0.25, 0.3) is 0 Å². The van der Waals surface area contributed by atoms with Gasteiger partial charge in [0.1, 0.15) is 0 Å². The van der Waals surface area contributed by atoms with Gasteiger partial charge >= 0.3 is 0 Å². The summed E-state index contributed by atoms with van der Waals surface area (Å²) in [7, 11) is 3.21. The Morgan fingerprint density at radius 2 is 2.21 bits per heavy atom. The van der Waals surface area contributed by atoms with Gasteiger partial charge in [-0.1, -0.05) is 11.6 Å². The van der Waals surface area contributed by atoms with E-state index in [4.69, 9.17) is 16.3 Å². The van der Waals surface area contributed by atoms with Crippen molar-refractivity contribution in [2.45, 2.75) is 13.5 Å². The summed E-state index contributed by atoms with van der Waals surface area (Å²) in [4.78, 5) is 16.1. The Morgan fingerprint density at radius 3 is 2.74 bits per heavy atom. The summed E-state index contributed by atoms with van der Waals surface area (Å²) in [5, 5.41) is 4.33. The molecule has 0 aromatic carbocycles. The number of nitrogens with zero attached hydrogens (tertiary/aromatic N) is 4. The van der Waals surface area contributed by atoms with E-state index in [0.717, 1.165) is 15.9 Å². The van der Waals surface area contributed by atoms with E-state index >= 15 is 0 Å². The third-order valence-electron chi connectivity index (χ3n) is 2.74. The van der Waals surface area contributed by atoms with Crippen molar-refractivity contribution in [3.8, 4) is 5.75 Å². The molecule has 0 radical (unpaired) electrons. The largest absolute Gasteiger partial charge is 0.489 e. The van der Waals surface area contributed by atoms with Gasteiger partial charge in [0.2, 0.25) is 5.75 Å². The highest BCUT2D eigenvalue weighted by Crippen LogP contribution is 2.21. The highest BCUT2D eigenvalue weighted by molar-refractivity contribution is 9.10. The van der Waals surface area contributed by atoms with Crippen LogP contribution in [0.3, 0.4) is 0 Å². The molecule has 0 saturated heterocycles. The lowest BCUT2D eigenvalue weighted by molar-refractivity contribution is 0.400. The van der Waals surface area contributed by atoms with Crippen LogP contribution in [0, 0.1) is 6.92 Å². The van der Waals surface area contributed by atoms with Gasteiger partial charge in [0.15, 0.2) is 5.15 Å². The molecule has 0 amide bonds. The molecule has 102 valence electrons. The molecule has 0 N–H and O–H groups in total. The third kappa shape index (κ3) is 2.52. The SMILES string of the molecule is COc1c(Cl)ncn(Cc2c(Br)c(C)nn2C)c1=O. The fraction of sp³-hybridized carbons (Fsp3) is 0.364. The molecule has 0 fully saturated rings. The van der Waals surface area contributed by atoms with Crippen molar-refractivity contribution >= 4 is 27.5 Å². The van der Waals surface area contributed by atoms with Crippen LogP contribution < -0.4 is 10.3 Å². The van der Waals surface area contributed by atoms with E-state index in [0.29, 0.717) is 6.54 Å². The van der Waals surface area contributed by atoms with Crippen molar-refractivity contribution < 1.29 is 4.74 Å². The Balaban J connectivity index is 2.47. The maximum absolute atomic E-state index is 12.1. The van der Waals surface area contributed by atoms with Crippen molar-refractivity contribution in [1.29, 1.82) is 0 Å². The molecular weight excluding hydrogens is 336 g/mol. The third-order valence-corrected chi connectivity index (χ3v) is 4.04. The summed E-state index contributed by atoms with van der Waals surface area (Å²) in [6.07, 6.45) is 1.39. The molecule has 0 bridgehead atoms. The number of methoxy groups -OCH3 is 1. The standard InChI is InChI=1S/C11H12BrClN4O2/c1-6-8(12)7(16(2)15-6)4-17-5-14-10(13)9(19-3)11(17)18/h5H,4H2,1-3H3. The van der Waals surface area contributed by atoms with E-state index in [1.807, 2.05) is 14.0 Å². The van der Waals surface area contributed by atoms with Gasteiger partial charge in [-0.15, -0.1) is 0 Å². The fourth-order valence-corrected chi connectivity index (χ4v) is 2.41. The predicted molar refractivity (Wildman–Crippen MR) is 74.8 cm³/mol. The number of aryl methyl sites for hydroxylation is 2. The Morgan fingerprint density at radius 1 is 1.53 bits per heavy atom. The lowest BCUT2D eigenvalue weighted by atomic mass is 10.3. The molecule has 0 atom stereocenters. The lowest BCUT2D eigenvalue weighted by Gasteiger charge is -2.08. The van der Waals surface area contributed by atoms with E-state index in [-0.39, 0.29) is 16.5 Å². The zero-order valence-corrected chi connectivity index (χ0v) is 13.0. The van der Waals surface area contributed by atoms with Gasteiger partial charge in [-0.2, -0.15) is 5.10 Å². The summed E-state index contributed by atoms with van der Waals surface area (Å²) >= 11 is 9.25. The summed E-state index contributed by atoms with van der Waals surface area (Å²) < 4.78 is 8.97. The van der Waals surface area contributed by atoms with E-state index < -0.39 is 0 Å². The molecule has 0 aliphatic heterocycles. The Labute approximate surface area is 123 Å². The van der Waals surface area contributed by atoms with Gasteiger partial charge in [0.25, 0.3) is 5.56 Å². The number of halogens is 2. The summed E-state index contributed by atoms with van der Waals surface area (Å²) in [5.74, 6) is 0.0409. The quantitative estimate of drug-likeness (QED) is 0.794. The lowest BCUT2D eigenvalue weighted by Crippen LogP contribution is -2.23. The first-order chi connectivity index (χ1) is 8.95. The molecule has 0 saturated carbocycles. The molecule has 6 nitrogen and oxygen atoms in total. The fourth-order valence-electron chi connectivity index (χ4n) is 1.75. The van der Waals surface area contributed by atoms with Crippen molar-refractivity contribution in [3.63, 3.8) is 0 Å². The summed E-state index contributed by atoms with van der Waals surface area (Å²) in [6.45, 7) is 2.22. The van der Waals surface area contributed by atoms with E-state index in [9.17, 15) is 4.79 Å². The summed E-state index contributed by atoms with van der Waals surface area (Å²) in [6, 6.07) is 0. The van der Waals surface area contributed by atoms with Gasteiger partial charge < -0.3 is 4.74 Å². The Hall–Kier alpha value is -1.34. The first kappa shape index (κ1) is 14.1. The highest BCUT2D eigenvalue weighted by atomic mass is 79.9. The molecule has 2 aromatic heterocycles. The van der Waals surface area contributed by atoms with Crippen LogP contribution in [0.1, 0.15) is 11.4 Å². The molecule has 0 spiro atoms. The van der Waals surface area contributed by atoms with E-state index in [2.05, 4.69) is 26.0 Å². The smallest absolute Gasteiger partial charge is 0.297 e. The van der Waals surface area contributed by atoms with Crippen LogP contribution in [-0.4, -0.2) is 26.4 Å². The number of hydrogen-bond donors (Lipinski definition) is 0. The Kier molecular flexibility index (Phi) is 3.96. The number of aromatic nitrogens is 4. The van der Waals surface area contributed by atoms with Crippen molar-refractivity contribution in [2.24, 2.45) is 7.05 Å². The first-order valence-electron chi connectivity index (χ1n) is 5.42. The van der Waals surface area contributed by atoms with Crippen LogP contribution in [0.5, 0.6) is 5.75 Å². The monoisotopic (exact) mass is 346 g/mol. The number of hydrogen-bond acceptors (Lipinski definition) is 4. The van der Waals surface area contributed by atoms with E-state index in [1.165, 1.54) is 18.0 Å². The average Bonchev–Trinajstić information content (AvgIpc) is 2.59. The molecule has 0 aliphatic rings. The zero-order chi connectivity index (χ0) is 14.2. The maximum atomic E-state index is 12.1. The molecule has 2 heterocycles. The van der Waals surface area contributed by atoms with Gasteiger partial charge in [-0.25, -0.2) is 4.98 Å². The molecule has 19 heavy (non-hydrogen) atoms. The van der Waals surface area contributed by atoms with Crippen LogP contribution in [0.4, 0.5) is 0 Å². The van der Waals surface area contributed by atoms with Gasteiger partial charge in [0.05, 0.1) is 35.8 Å². The van der Waals surface area contributed by atoms with E-state index in [1.54, 1.807) is 4.68 Å². The number of ether oxygens (including phenoxy) is 1. The van der Waals surface area contributed by atoms with Crippen LogP contribution in [0.2, 0.25) is 5.15 Å². The second-order valence-electron chi connectivity index (χ2n) is 3.97. The predicted octanol–water partition coefficient (Wildman–Crippen LogP) is 1.76. The minimum Gasteiger partial charge on any atom is -0.489 e. The van der Waals surface area contributed by atoms with Crippen LogP contribution >= 0.6 is 27.5 Å². The van der Waals surface area contributed by atoms with Crippen molar-refractivity contribution in [1.82, 2.24) is 19.3 Å². The Bertz CT molecular complexity index is 680. The van der Waals surface area contributed by atoms with Crippen LogP contribution in [-0.2, 0) is 13.6 Å². The molecule has 2 rings (SSSR count). The van der Waals surface area contributed by atoms with Gasteiger partial charge in [0, 0.05) is 7.05 Å². The van der Waals surface area contributed by atoms with Crippen molar-refractivity contribution in [2.75, 3.05) is 7.11 Å². The molecule has 0 aliphatic carbocycles. The number of rotatable bonds is 3. The average molecular weight is 348 g/mol. The highest BCUT2D eigenvalue weighted by Gasteiger charge is 2.15. The maximum Gasteiger partial charge on any atom is 0.297 e. The van der Waals surface area contributed by atoms with Crippen molar-refractivity contribution in [3.05, 3.63) is 37.7 Å². The molecule has 2 aromatic rings. The summed E-state index contributed by atoms with van der Waals surface area (Å²) in [5.41, 5.74) is 1.40. The topological polar surface area (TPSA) is 61.9 Å². The first-order valence-corrected chi connectivity index (χ1v) is 6.59. The molecule has 8 heteroatoms.